The van der Waals surface area contributed by atoms with E-state index in [0.29, 0.717) is 6.54 Å². The van der Waals surface area contributed by atoms with Crippen LogP contribution in [0.2, 0.25) is 0 Å². The molecule has 0 N–H and O–H groups in total. The number of hydrogen-bond acceptors (Lipinski definition) is 4. The molecule has 3 nitrogen and oxygen atoms in total. The lowest BCUT2D eigenvalue weighted by atomic mass is 10.0. The van der Waals surface area contributed by atoms with Crippen LogP contribution in [-0.4, -0.2) is 22.4 Å². The fraction of sp³-hybridized carbons (Fsp3) is 0.235. The van der Waals surface area contributed by atoms with E-state index in [9.17, 15) is 0 Å². The van der Waals surface area contributed by atoms with Crippen LogP contribution in [0.1, 0.15) is 22.4 Å². The van der Waals surface area contributed by atoms with Crippen LogP contribution in [0.4, 0.5) is 0 Å². The number of hydrogen-bond donors (Lipinski definition) is 0. The molecule has 0 atom stereocenters. The number of rotatable bonds is 3. The molecule has 1 aliphatic rings. The van der Waals surface area contributed by atoms with E-state index in [1.54, 1.807) is 11.8 Å². The van der Waals surface area contributed by atoms with Gasteiger partial charge < -0.3 is 0 Å². The maximum Gasteiger partial charge on any atom is 0.183 e. The van der Waals surface area contributed by atoms with Gasteiger partial charge in [-0.3, -0.25) is 9.98 Å². The van der Waals surface area contributed by atoms with Crippen molar-refractivity contribution in [2.45, 2.75) is 19.6 Å². The minimum absolute atomic E-state index is 0.675. The van der Waals surface area contributed by atoms with Crippen molar-refractivity contribution in [1.82, 2.24) is 4.98 Å². The third-order valence-electron chi connectivity index (χ3n) is 3.36. The van der Waals surface area contributed by atoms with Crippen LogP contribution < -0.4 is 0 Å². The number of amidine groups is 1. The van der Waals surface area contributed by atoms with Gasteiger partial charge in [-0.2, -0.15) is 0 Å². The van der Waals surface area contributed by atoms with Crippen LogP contribution >= 0.6 is 11.8 Å². The minimum Gasteiger partial charge on any atom is -0.260 e. The summed E-state index contributed by atoms with van der Waals surface area (Å²) >= 11 is 1.64. The fourth-order valence-corrected chi connectivity index (χ4v) is 3.09. The highest BCUT2D eigenvalue weighted by Crippen LogP contribution is 2.20. The highest BCUT2D eigenvalue weighted by Gasteiger charge is 2.14. The van der Waals surface area contributed by atoms with Crippen molar-refractivity contribution in [3.8, 4) is 0 Å². The third-order valence-corrected chi connectivity index (χ3v) is 4.28. The van der Waals surface area contributed by atoms with Crippen molar-refractivity contribution < 1.29 is 0 Å². The Bertz CT molecular complexity index is 705. The van der Waals surface area contributed by atoms with E-state index in [1.807, 2.05) is 24.4 Å². The Labute approximate surface area is 129 Å². The fourth-order valence-electron chi connectivity index (χ4n) is 2.31. The van der Waals surface area contributed by atoms with Gasteiger partial charge >= 0.3 is 0 Å². The first kappa shape index (κ1) is 14.0. The molecule has 2 heterocycles. The minimum atomic E-state index is 0.675. The predicted octanol–water partition coefficient (Wildman–Crippen LogP) is 3.79. The number of nitrogens with zero attached hydrogens (tertiary/aromatic N) is 3. The maximum absolute atomic E-state index is 4.67. The first-order chi connectivity index (χ1) is 10.2. The summed E-state index contributed by atoms with van der Waals surface area (Å²) in [6.07, 6.45) is 1.82. The molecule has 2 aromatic rings. The van der Waals surface area contributed by atoms with Gasteiger partial charge in [-0.15, -0.1) is 0 Å². The second kappa shape index (κ2) is 6.22. The Balaban J connectivity index is 1.69. The average molecular weight is 295 g/mol. The van der Waals surface area contributed by atoms with Crippen LogP contribution in [0, 0.1) is 13.8 Å². The molecule has 0 spiro atoms. The van der Waals surface area contributed by atoms with Crippen molar-refractivity contribution in [2.24, 2.45) is 9.98 Å². The zero-order valence-electron chi connectivity index (χ0n) is 12.2. The molecule has 0 unspecified atom stereocenters. The largest absolute Gasteiger partial charge is 0.260 e. The van der Waals surface area contributed by atoms with Gasteiger partial charge in [-0.25, -0.2) is 4.99 Å². The first-order valence-corrected chi connectivity index (χ1v) is 7.93. The Morgan fingerprint density at radius 2 is 2.05 bits per heavy atom. The lowest BCUT2D eigenvalue weighted by Gasteiger charge is -2.05. The van der Waals surface area contributed by atoms with E-state index in [1.165, 1.54) is 16.7 Å². The zero-order chi connectivity index (χ0) is 14.7. The number of aliphatic imine (C=N–C) groups is 2. The van der Waals surface area contributed by atoms with Crippen molar-refractivity contribution in [2.75, 3.05) is 6.54 Å². The summed E-state index contributed by atoms with van der Waals surface area (Å²) in [5.74, 6) is 0.809. The van der Waals surface area contributed by atoms with Gasteiger partial charge in [-0.1, -0.05) is 41.6 Å². The van der Waals surface area contributed by atoms with Crippen LogP contribution in [0.5, 0.6) is 0 Å². The number of aromatic nitrogens is 1. The first-order valence-electron chi connectivity index (χ1n) is 6.95. The Kier molecular flexibility index (Phi) is 4.15. The molecule has 1 aromatic carbocycles. The number of aryl methyl sites for hydroxylation is 2. The summed E-state index contributed by atoms with van der Waals surface area (Å²) in [5.41, 5.74) is 5.87. The molecule has 21 heavy (non-hydrogen) atoms. The molecular weight excluding hydrogens is 278 g/mol. The van der Waals surface area contributed by atoms with E-state index in [4.69, 9.17) is 0 Å². The van der Waals surface area contributed by atoms with Crippen molar-refractivity contribution in [1.29, 1.82) is 0 Å². The lowest BCUT2D eigenvalue weighted by molar-refractivity contribution is 1.18. The Morgan fingerprint density at radius 3 is 2.81 bits per heavy atom. The van der Waals surface area contributed by atoms with Gasteiger partial charge in [0.05, 0.1) is 18.0 Å². The topological polar surface area (TPSA) is 37.6 Å². The quantitative estimate of drug-likeness (QED) is 0.864. The normalized spacial score (nSPS) is 14.0. The number of benzene rings is 1. The molecular formula is C17H17N3S. The van der Waals surface area contributed by atoms with Crippen LogP contribution in [0.3, 0.4) is 0 Å². The smallest absolute Gasteiger partial charge is 0.183 e. The molecule has 0 saturated heterocycles. The summed E-state index contributed by atoms with van der Waals surface area (Å²) in [5, 5.41) is 0.857. The van der Waals surface area contributed by atoms with Gasteiger partial charge in [0.1, 0.15) is 0 Å². The zero-order valence-corrected chi connectivity index (χ0v) is 13.0. The molecule has 0 bridgehead atoms. The molecule has 0 fully saturated rings. The van der Waals surface area contributed by atoms with Crippen LogP contribution in [0.15, 0.2) is 52.6 Å². The second-order valence-electron chi connectivity index (χ2n) is 5.09. The standard InChI is InChI=1S/C17H17N3S/c1-12-6-7-15(13(2)9-12)16-10-19-17(20-16)21-11-14-5-3-4-8-18-14/h3-9H,10-11H2,1-2H3. The molecule has 4 heteroatoms. The molecule has 1 aliphatic heterocycles. The molecule has 3 rings (SSSR count). The monoisotopic (exact) mass is 295 g/mol. The van der Waals surface area contributed by atoms with E-state index in [0.717, 1.165) is 22.3 Å². The van der Waals surface area contributed by atoms with E-state index in [-0.39, 0.29) is 0 Å². The molecule has 106 valence electrons. The molecule has 0 radical (unpaired) electrons. The summed E-state index contributed by atoms with van der Waals surface area (Å²) < 4.78 is 0. The average Bonchev–Trinajstić information content (AvgIpc) is 2.95. The summed E-state index contributed by atoms with van der Waals surface area (Å²) in [6.45, 7) is 4.91. The van der Waals surface area contributed by atoms with Crippen LogP contribution in [-0.2, 0) is 5.75 Å². The van der Waals surface area contributed by atoms with Gasteiger partial charge in [0, 0.05) is 17.5 Å². The molecule has 0 amide bonds. The Morgan fingerprint density at radius 1 is 1.14 bits per heavy atom. The number of thioether (sulfide) groups is 1. The summed E-state index contributed by atoms with van der Waals surface area (Å²) in [6, 6.07) is 12.4. The van der Waals surface area contributed by atoms with Crippen molar-refractivity contribution >= 4 is 22.6 Å². The third kappa shape index (κ3) is 3.39. The van der Waals surface area contributed by atoms with Gasteiger partial charge in [0.25, 0.3) is 0 Å². The van der Waals surface area contributed by atoms with Gasteiger partial charge in [0.2, 0.25) is 0 Å². The summed E-state index contributed by atoms with van der Waals surface area (Å²) in [7, 11) is 0. The molecule has 0 aliphatic carbocycles. The highest BCUT2D eigenvalue weighted by atomic mass is 32.2. The molecule has 1 aromatic heterocycles. The summed E-state index contributed by atoms with van der Waals surface area (Å²) in [4.78, 5) is 13.5. The van der Waals surface area contributed by atoms with Gasteiger partial charge in [0.15, 0.2) is 5.17 Å². The Hall–Kier alpha value is -1.94. The predicted molar refractivity (Wildman–Crippen MR) is 90.3 cm³/mol. The second-order valence-corrected chi connectivity index (χ2v) is 6.03. The van der Waals surface area contributed by atoms with Crippen LogP contribution in [0.25, 0.3) is 0 Å². The van der Waals surface area contributed by atoms with Crippen molar-refractivity contribution in [3.63, 3.8) is 0 Å². The van der Waals surface area contributed by atoms with Gasteiger partial charge in [-0.05, 0) is 31.5 Å². The SMILES string of the molecule is Cc1ccc(C2=NC(SCc3ccccn3)=NC2)c(C)c1. The van der Waals surface area contributed by atoms with E-state index in [2.05, 4.69) is 47.0 Å². The van der Waals surface area contributed by atoms with E-state index >= 15 is 0 Å². The molecule has 0 saturated carbocycles. The van der Waals surface area contributed by atoms with E-state index < -0.39 is 0 Å². The highest BCUT2D eigenvalue weighted by molar-refractivity contribution is 8.13. The lowest BCUT2D eigenvalue weighted by Crippen LogP contribution is -2.04. The van der Waals surface area contributed by atoms with Crippen molar-refractivity contribution in [3.05, 3.63) is 65.0 Å². The number of pyridine rings is 1. The maximum atomic E-state index is 4.67.